The minimum Gasteiger partial charge on any atom is -0.443 e. The second kappa shape index (κ2) is 4.37. The van der Waals surface area contributed by atoms with Crippen LogP contribution >= 0.6 is 0 Å². The fourth-order valence-electron chi connectivity index (χ4n) is 1.60. The molecule has 0 saturated heterocycles. The van der Waals surface area contributed by atoms with Gasteiger partial charge in [0.25, 0.3) is 11.5 Å². The minimum atomic E-state index is -0.421. The Bertz CT molecular complexity index is 785. The average molecular weight is 256 g/mol. The Balaban J connectivity index is 1.85. The number of anilines is 1. The number of fused-ring (bicyclic) bond motifs is 1. The SMILES string of the molecule is O=C(Nc1ccc2ncoc2c1)c1ccc(=O)[nH]n1. The molecule has 0 radical (unpaired) electrons. The molecule has 0 fully saturated rings. The Kier molecular flexibility index (Phi) is 2.57. The predicted octanol–water partition coefficient (Wildman–Crippen LogP) is 1.16. The first-order valence-electron chi connectivity index (χ1n) is 5.43. The zero-order valence-corrected chi connectivity index (χ0v) is 9.58. The predicted molar refractivity (Wildman–Crippen MR) is 66.8 cm³/mol. The van der Waals surface area contributed by atoms with Crippen LogP contribution in [0.3, 0.4) is 0 Å². The first kappa shape index (κ1) is 11.1. The number of amides is 1. The van der Waals surface area contributed by atoms with Crippen molar-refractivity contribution in [1.29, 1.82) is 0 Å². The van der Waals surface area contributed by atoms with Crippen molar-refractivity contribution < 1.29 is 9.21 Å². The van der Waals surface area contributed by atoms with Gasteiger partial charge in [0.15, 0.2) is 12.0 Å². The van der Waals surface area contributed by atoms with E-state index in [1.54, 1.807) is 18.2 Å². The summed E-state index contributed by atoms with van der Waals surface area (Å²) < 4.78 is 5.14. The van der Waals surface area contributed by atoms with Crippen LogP contribution in [0.25, 0.3) is 11.1 Å². The number of nitrogens with one attached hydrogen (secondary N) is 2. The second-order valence-electron chi connectivity index (χ2n) is 3.80. The molecule has 0 atom stereocenters. The summed E-state index contributed by atoms with van der Waals surface area (Å²) in [6.07, 6.45) is 1.33. The summed E-state index contributed by atoms with van der Waals surface area (Å²) in [5, 5.41) is 8.49. The molecule has 0 bridgehead atoms. The van der Waals surface area contributed by atoms with Crippen molar-refractivity contribution in [3.05, 3.63) is 52.8 Å². The first-order chi connectivity index (χ1) is 9.22. The number of rotatable bonds is 2. The van der Waals surface area contributed by atoms with E-state index < -0.39 is 5.91 Å². The highest BCUT2D eigenvalue weighted by atomic mass is 16.3. The number of aromatic nitrogens is 3. The number of carbonyl (C=O) groups excluding carboxylic acids is 1. The first-order valence-corrected chi connectivity index (χ1v) is 5.43. The van der Waals surface area contributed by atoms with E-state index in [2.05, 4.69) is 20.5 Å². The van der Waals surface area contributed by atoms with Gasteiger partial charge < -0.3 is 9.73 Å². The lowest BCUT2D eigenvalue weighted by Crippen LogP contribution is -2.17. The molecule has 3 aromatic rings. The van der Waals surface area contributed by atoms with Crippen LogP contribution in [0.2, 0.25) is 0 Å². The van der Waals surface area contributed by atoms with Gasteiger partial charge in [-0.25, -0.2) is 10.1 Å². The van der Waals surface area contributed by atoms with Crippen LogP contribution in [0.1, 0.15) is 10.5 Å². The molecule has 3 rings (SSSR count). The summed E-state index contributed by atoms with van der Waals surface area (Å²) in [4.78, 5) is 26.7. The molecule has 94 valence electrons. The van der Waals surface area contributed by atoms with Crippen molar-refractivity contribution in [1.82, 2.24) is 15.2 Å². The lowest BCUT2D eigenvalue weighted by molar-refractivity contribution is 0.102. The van der Waals surface area contributed by atoms with E-state index in [9.17, 15) is 9.59 Å². The average Bonchev–Trinajstić information content (AvgIpc) is 2.87. The molecule has 0 aliphatic rings. The molecule has 1 amide bonds. The molecular weight excluding hydrogens is 248 g/mol. The number of hydrogen-bond acceptors (Lipinski definition) is 5. The van der Waals surface area contributed by atoms with Gasteiger partial charge in [0.05, 0.1) is 0 Å². The summed E-state index contributed by atoms with van der Waals surface area (Å²) in [6.45, 7) is 0. The van der Waals surface area contributed by atoms with Crippen LogP contribution in [0.15, 0.2) is 45.9 Å². The Hall–Kier alpha value is -2.96. The largest absolute Gasteiger partial charge is 0.443 e. The van der Waals surface area contributed by atoms with Gasteiger partial charge >= 0.3 is 0 Å². The molecule has 0 spiro atoms. The maximum absolute atomic E-state index is 11.9. The van der Waals surface area contributed by atoms with Crippen molar-refractivity contribution in [2.75, 3.05) is 5.32 Å². The lowest BCUT2D eigenvalue weighted by atomic mass is 10.2. The standard InChI is InChI=1S/C12H8N4O3/c17-11-4-3-9(15-16-11)12(18)14-7-1-2-8-10(5-7)19-6-13-8/h1-6H,(H,14,18)(H,16,17). The molecule has 0 aliphatic heterocycles. The van der Waals surface area contributed by atoms with Gasteiger partial charge in [-0.15, -0.1) is 0 Å². The van der Waals surface area contributed by atoms with Gasteiger partial charge in [-0.2, -0.15) is 5.10 Å². The van der Waals surface area contributed by atoms with Crippen molar-refractivity contribution in [2.45, 2.75) is 0 Å². The quantitative estimate of drug-likeness (QED) is 0.716. The fourth-order valence-corrected chi connectivity index (χ4v) is 1.60. The normalized spacial score (nSPS) is 10.5. The number of oxazole rings is 1. The highest BCUT2D eigenvalue weighted by Crippen LogP contribution is 2.18. The van der Waals surface area contributed by atoms with Gasteiger partial charge in [-0.3, -0.25) is 9.59 Å². The maximum atomic E-state index is 11.9. The molecule has 7 heteroatoms. The molecule has 2 heterocycles. The third-order valence-electron chi connectivity index (χ3n) is 2.50. The molecule has 0 aliphatic carbocycles. The van der Waals surface area contributed by atoms with Gasteiger partial charge in [0, 0.05) is 17.8 Å². The molecule has 2 N–H and O–H groups in total. The van der Waals surface area contributed by atoms with Crippen LogP contribution in [-0.2, 0) is 0 Å². The minimum absolute atomic E-state index is 0.122. The molecule has 0 unspecified atom stereocenters. The van der Waals surface area contributed by atoms with Crippen LogP contribution in [0.5, 0.6) is 0 Å². The highest BCUT2D eigenvalue weighted by Gasteiger charge is 2.08. The maximum Gasteiger partial charge on any atom is 0.276 e. The fraction of sp³-hybridized carbons (Fsp3) is 0. The van der Waals surface area contributed by atoms with Gasteiger partial charge in [-0.05, 0) is 18.2 Å². The van der Waals surface area contributed by atoms with Crippen molar-refractivity contribution in [2.24, 2.45) is 0 Å². The highest BCUT2D eigenvalue weighted by molar-refractivity contribution is 6.03. The van der Waals surface area contributed by atoms with Crippen LogP contribution in [0.4, 0.5) is 5.69 Å². The van der Waals surface area contributed by atoms with Crippen molar-refractivity contribution >= 4 is 22.7 Å². The van der Waals surface area contributed by atoms with Crippen LogP contribution < -0.4 is 10.9 Å². The van der Waals surface area contributed by atoms with Gasteiger partial charge in [-0.1, -0.05) is 0 Å². The Morgan fingerprint density at radius 1 is 1.26 bits per heavy atom. The van der Waals surface area contributed by atoms with E-state index >= 15 is 0 Å². The van der Waals surface area contributed by atoms with E-state index in [4.69, 9.17) is 4.42 Å². The third-order valence-corrected chi connectivity index (χ3v) is 2.50. The van der Waals surface area contributed by atoms with Crippen molar-refractivity contribution in [3.8, 4) is 0 Å². The molecule has 7 nitrogen and oxygen atoms in total. The summed E-state index contributed by atoms with van der Waals surface area (Å²) in [5.41, 5.74) is 1.60. The second-order valence-corrected chi connectivity index (χ2v) is 3.80. The number of H-pyrrole nitrogens is 1. The van der Waals surface area contributed by atoms with E-state index in [1.807, 2.05) is 0 Å². The topological polar surface area (TPSA) is 101 Å². The van der Waals surface area contributed by atoms with E-state index in [-0.39, 0.29) is 11.3 Å². The summed E-state index contributed by atoms with van der Waals surface area (Å²) >= 11 is 0. The number of aromatic amines is 1. The van der Waals surface area contributed by atoms with Crippen LogP contribution in [0, 0.1) is 0 Å². The number of benzene rings is 1. The number of nitrogens with zero attached hydrogens (tertiary/aromatic N) is 2. The van der Waals surface area contributed by atoms with Gasteiger partial charge in [0.1, 0.15) is 11.2 Å². The van der Waals surface area contributed by atoms with Gasteiger partial charge in [0.2, 0.25) is 0 Å². The zero-order valence-electron chi connectivity index (χ0n) is 9.58. The summed E-state index contributed by atoms with van der Waals surface area (Å²) in [6, 6.07) is 7.68. The zero-order chi connectivity index (χ0) is 13.2. The third kappa shape index (κ3) is 2.21. The smallest absolute Gasteiger partial charge is 0.276 e. The molecule has 19 heavy (non-hydrogen) atoms. The Morgan fingerprint density at radius 2 is 2.16 bits per heavy atom. The monoisotopic (exact) mass is 256 g/mol. The summed E-state index contributed by atoms with van der Waals surface area (Å²) in [7, 11) is 0. The van der Waals surface area contributed by atoms with Crippen LogP contribution in [-0.4, -0.2) is 21.1 Å². The molecule has 1 aromatic carbocycles. The van der Waals surface area contributed by atoms with E-state index in [0.717, 1.165) is 0 Å². The number of hydrogen-bond donors (Lipinski definition) is 2. The van der Waals surface area contributed by atoms with E-state index in [1.165, 1.54) is 18.5 Å². The molecule has 0 saturated carbocycles. The van der Waals surface area contributed by atoms with Crippen molar-refractivity contribution in [3.63, 3.8) is 0 Å². The van der Waals surface area contributed by atoms with E-state index in [0.29, 0.717) is 16.8 Å². The summed E-state index contributed by atoms with van der Waals surface area (Å²) in [5.74, 6) is -0.421. The Labute approximate surface area is 106 Å². The Morgan fingerprint density at radius 3 is 2.95 bits per heavy atom. The molecule has 2 aromatic heterocycles. The molecular formula is C12H8N4O3. The lowest BCUT2D eigenvalue weighted by Gasteiger charge is -2.03. The number of carbonyl (C=O) groups is 1.